The van der Waals surface area contributed by atoms with Crippen LogP contribution in [0.3, 0.4) is 0 Å². The zero-order valence-corrected chi connectivity index (χ0v) is 8.00. The summed E-state index contributed by atoms with van der Waals surface area (Å²) in [4.78, 5) is 5.22. The standard InChI is InChI=1S/C10H17NO2/c1-2-4-6-9(5-3-1)11-13-8-10-7-12-10/h10H,1-8H2. The molecule has 1 aliphatic heterocycles. The Labute approximate surface area is 79.1 Å². The lowest BCUT2D eigenvalue weighted by atomic mass is 10.2. The number of ether oxygens (including phenoxy) is 1. The smallest absolute Gasteiger partial charge is 0.145 e. The van der Waals surface area contributed by atoms with Gasteiger partial charge < -0.3 is 9.57 Å². The molecule has 0 aromatic carbocycles. The van der Waals surface area contributed by atoms with Crippen molar-refractivity contribution in [3.05, 3.63) is 0 Å². The molecule has 3 nitrogen and oxygen atoms in total. The maximum absolute atomic E-state index is 5.22. The van der Waals surface area contributed by atoms with Gasteiger partial charge in [0, 0.05) is 0 Å². The van der Waals surface area contributed by atoms with Crippen LogP contribution in [-0.4, -0.2) is 25.0 Å². The Morgan fingerprint density at radius 2 is 1.92 bits per heavy atom. The monoisotopic (exact) mass is 183 g/mol. The van der Waals surface area contributed by atoms with Gasteiger partial charge >= 0.3 is 0 Å². The number of oxime groups is 1. The first-order valence-corrected chi connectivity index (χ1v) is 5.24. The van der Waals surface area contributed by atoms with Crippen molar-refractivity contribution in [3.8, 4) is 0 Å². The summed E-state index contributed by atoms with van der Waals surface area (Å²) in [5, 5.41) is 4.16. The van der Waals surface area contributed by atoms with E-state index in [2.05, 4.69) is 5.16 Å². The highest BCUT2D eigenvalue weighted by atomic mass is 16.7. The summed E-state index contributed by atoms with van der Waals surface area (Å²) in [6, 6.07) is 0. The van der Waals surface area contributed by atoms with Gasteiger partial charge in [-0.25, -0.2) is 0 Å². The molecule has 0 amide bonds. The molecule has 1 saturated carbocycles. The Morgan fingerprint density at radius 3 is 2.54 bits per heavy atom. The molecule has 13 heavy (non-hydrogen) atoms. The first-order chi connectivity index (χ1) is 6.45. The molecule has 2 aliphatic rings. The van der Waals surface area contributed by atoms with Crippen LogP contribution in [0, 0.1) is 0 Å². The van der Waals surface area contributed by atoms with Crippen LogP contribution in [0.2, 0.25) is 0 Å². The quantitative estimate of drug-likeness (QED) is 0.381. The van der Waals surface area contributed by atoms with Gasteiger partial charge in [-0.1, -0.05) is 18.0 Å². The molecule has 0 aromatic heterocycles. The van der Waals surface area contributed by atoms with E-state index in [1.807, 2.05) is 0 Å². The van der Waals surface area contributed by atoms with Crippen molar-refractivity contribution in [1.29, 1.82) is 0 Å². The molecular weight excluding hydrogens is 166 g/mol. The third-order valence-corrected chi connectivity index (χ3v) is 2.54. The van der Waals surface area contributed by atoms with Gasteiger partial charge in [0.05, 0.1) is 12.3 Å². The zero-order valence-electron chi connectivity index (χ0n) is 8.00. The largest absolute Gasteiger partial charge is 0.393 e. The minimum absolute atomic E-state index is 0.329. The minimum atomic E-state index is 0.329. The number of nitrogens with zero attached hydrogens (tertiary/aromatic N) is 1. The lowest BCUT2D eigenvalue weighted by Crippen LogP contribution is -2.01. The lowest BCUT2D eigenvalue weighted by Gasteiger charge is -2.00. The van der Waals surface area contributed by atoms with Gasteiger partial charge in [0.1, 0.15) is 12.7 Å². The zero-order chi connectivity index (χ0) is 8.93. The van der Waals surface area contributed by atoms with E-state index in [1.165, 1.54) is 31.4 Å². The molecule has 74 valence electrons. The first kappa shape index (κ1) is 9.00. The van der Waals surface area contributed by atoms with Crippen LogP contribution in [-0.2, 0) is 9.57 Å². The minimum Gasteiger partial charge on any atom is -0.393 e. The number of epoxide rings is 1. The molecule has 2 rings (SSSR count). The van der Waals surface area contributed by atoms with E-state index in [1.54, 1.807) is 0 Å². The Morgan fingerprint density at radius 1 is 1.23 bits per heavy atom. The van der Waals surface area contributed by atoms with Crippen LogP contribution >= 0.6 is 0 Å². The van der Waals surface area contributed by atoms with Crippen LogP contribution in [0.4, 0.5) is 0 Å². The van der Waals surface area contributed by atoms with Gasteiger partial charge in [-0.05, 0) is 25.7 Å². The molecule has 0 radical (unpaired) electrons. The maximum atomic E-state index is 5.22. The van der Waals surface area contributed by atoms with Gasteiger partial charge in [-0.15, -0.1) is 0 Å². The molecule has 1 unspecified atom stereocenters. The summed E-state index contributed by atoms with van der Waals surface area (Å²) in [6.07, 6.45) is 7.85. The third-order valence-electron chi connectivity index (χ3n) is 2.54. The van der Waals surface area contributed by atoms with Crippen LogP contribution in [0.25, 0.3) is 0 Å². The number of hydrogen-bond acceptors (Lipinski definition) is 3. The third kappa shape index (κ3) is 3.35. The normalized spacial score (nSPS) is 28.0. The van der Waals surface area contributed by atoms with E-state index in [0.29, 0.717) is 12.7 Å². The van der Waals surface area contributed by atoms with Gasteiger partial charge in [0.15, 0.2) is 0 Å². The highest BCUT2D eigenvalue weighted by molar-refractivity contribution is 5.84. The van der Waals surface area contributed by atoms with Crippen molar-refractivity contribution in [2.24, 2.45) is 5.16 Å². The van der Waals surface area contributed by atoms with Crippen LogP contribution in [0.5, 0.6) is 0 Å². The fourth-order valence-electron chi connectivity index (χ4n) is 1.60. The molecule has 3 heteroatoms. The molecule has 0 N–H and O–H groups in total. The first-order valence-electron chi connectivity index (χ1n) is 5.24. The van der Waals surface area contributed by atoms with Crippen molar-refractivity contribution < 1.29 is 9.57 Å². The molecule has 0 bridgehead atoms. The van der Waals surface area contributed by atoms with Gasteiger partial charge in [0.25, 0.3) is 0 Å². The van der Waals surface area contributed by atoms with E-state index in [4.69, 9.17) is 9.57 Å². The molecule has 1 heterocycles. The van der Waals surface area contributed by atoms with Crippen molar-refractivity contribution in [2.45, 2.75) is 44.6 Å². The summed E-state index contributed by atoms with van der Waals surface area (Å²) in [6.45, 7) is 1.49. The average Bonchev–Trinajstić information content (AvgIpc) is 2.91. The molecule has 0 aromatic rings. The molecule has 1 aliphatic carbocycles. The van der Waals surface area contributed by atoms with Gasteiger partial charge in [-0.2, -0.15) is 0 Å². The van der Waals surface area contributed by atoms with E-state index >= 15 is 0 Å². The van der Waals surface area contributed by atoms with Gasteiger partial charge in [-0.3, -0.25) is 0 Å². The van der Waals surface area contributed by atoms with E-state index in [-0.39, 0.29) is 0 Å². The predicted octanol–water partition coefficient (Wildman–Crippen LogP) is 2.11. The molecular formula is C10H17NO2. The SMILES string of the molecule is C1CCCC(=NOCC2CO2)CC1. The Kier molecular flexibility index (Phi) is 3.19. The molecule has 0 spiro atoms. The van der Waals surface area contributed by atoms with E-state index in [9.17, 15) is 0 Å². The Bertz CT molecular complexity index is 177. The summed E-state index contributed by atoms with van der Waals surface area (Å²) in [5.74, 6) is 0. The molecule has 1 saturated heterocycles. The predicted molar refractivity (Wildman–Crippen MR) is 50.8 cm³/mol. The highest BCUT2D eigenvalue weighted by Gasteiger charge is 2.23. The van der Waals surface area contributed by atoms with E-state index < -0.39 is 0 Å². The fraction of sp³-hybridized carbons (Fsp3) is 0.900. The number of hydrogen-bond donors (Lipinski definition) is 0. The summed E-state index contributed by atoms with van der Waals surface area (Å²) in [5.41, 5.74) is 1.25. The van der Waals surface area contributed by atoms with Crippen molar-refractivity contribution >= 4 is 5.71 Å². The summed E-state index contributed by atoms with van der Waals surface area (Å²) < 4.78 is 5.03. The van der Waals surface area contributed by atoms with Crippen molar-refractivity contribution in [2.75, 3.05) is 13.2 Å². The highest BCUT2D eigenvalue weighted by Crippen LogP contribution is 2.15. The topological polar surface area (TPSA) is 34.1 Å². The second-order valence-electron chi connectivity index (χ2n) is 3.82. The Balaban J connectivity index is 1.68. The molecule has 2 fully saturated rings. The second kappa shape index (κ2) is 4.61. The second-order valence-corrected chi connectivity index (χ2v) is 3.82. The van der Waals surface area contributed by atoms with Crippen molar-refractivity contribution in [1.82, 2.24) is 0 Å². The lowest BCUT2D eigenvalue weighted by molar-refractivity contribution is 0.124. The molecule has 1 atom stereocenters. The van der Waals surface area contributed by atoms with Crippen LogP contribution in [0.15, 0.2) is 5.16 Å². The van der Waals surface area contributed by atoms with Crippen LogP contribution in [0.1, 0.15) is 38.5 Å². The maximum Gasteiger partial charge on any atom is 0.145 e. The number of rotatable bonds is 3. The average molecular weight is 183 g/mol. The van der Waals surface area contributed by atoms with E-state index in [0.717, 1.165) is 19.4 Å². The summed E-state index contributed by atoms with van der Waals surface area (Å²) >= 11 is 0. The summed E-state index contributed by atoms with van der Waals surface area (Å²) in [7, 11) is 0. The van der Waals surface area contributed by atoms with Crippen LogP contribution < -0.4 is 0 Å². The van der Waals surface area contributed by atoms with Crippen molar-refractivity contribution in [3.63, 3.8) is 0 Å². The fourth-order valence-corrected chi connectivity index (χ4v) is 1.60. The Hall–Kier alpha value is -0.570. The van der Waals surface area contributed by atoms with Gasteiger partial charge in [0.2, 0.25) is 0 Å².